The fraction of sp³-hybridized carbons (Fsp3) is 0.238. The van der Waals surface area contributed by atoms with Gasteiger partial charge < -0.3 is 13.9 Å². The maximum Gasteiger partial charge on any atom is 0.256 e. The second-order valence-corrected chi connectivity index (χ2v) is 12.9. The number of sulfonamides is 3. The second-order valence-electron chi connectivity index (χ2n) is 7.06. The molecule has 0 aliphatic carbocycles. The van der Waals surface area contributed by atoms with Crippen molar-refractivity contribution in [3.63, 3.8) is 0 Å². The van der Waals surface area contributed by atoms with E-state index in [4.69, 9.17) is 13.9 Å². The molecule has 190 valence electrons. The van der Waals surface area contributed by atoms with Crippen molar-refractivity contribution in [2.45, 2.75) is 16.3 Å². The Balaban J connectivity index is 1.91. The third-order valence-corrected chi connectivity index (χ3v) is 10.5. The Hall–Kier alpha value is -2.91. The van der Waals surface area contributed by atoms with Gasteiger partial charge in [-0.25, -0.2) is 30.0 Å². The number of benzene rings is 2. The third-order valence-electron chi connectivity index (χ3n) is 4.80. The van der Waals surface area contributed by atoms with E-state index in [0.717, 1.165) is 6.07 Å². The molecule has 2 aromatic carbocycles. The fourth-order valence-electron chi connectivity index (χ4n) is 3.05. The Morgan fingerprint density at radius 2 is 1.51 bits per heavy atom. The maximum atomic E-state index is 13.4. The van der Waals surface area contributed by atoms with Gasteiger partial charge in [0.1, 0.15) is 5.76 Å². The van der Waals surface area contributed by atoms with Crippen LogP contribution in [0.15, 0.2) is 81.1 Å². The van der Waals surface area contributed by atoms with E-state index in [1.807, 2.05) is 0 Å². The summed E-state index contributed by atoms with van der Waals surface area (Å²) in [6, 6.07) is 13.9. The molecule has 3 rings (SSSR count). The maximum absolute atomic E-state index is 13.4. The first-order valence-corrected chi connectivity index (χ1v) is 14.6. The van der Waals surface area contributed by atoms with Gasteiger partial charge in [-0.3, -0.25) is 0 Å². The topological polar surface area (TPSA) is 149 Å². The zero-order valence-electron chi connectivity index (χ0n) is 18.8. The molecule has 1 heterocycles. The standard InChI is InChI=1S/C21H24N2O9S3/c1-30-20-11-10-19(15-21(20)31-2)35(28,29)23(16-17-7-6-13-32-17)33(24,25)14-12-22-34(26,27)18-8-4-3-5-9-18/h3-11,13,15,22H,12,14,16H2,1-2H3. The lowest BCUT2D eigenvalue weighted by molar-refractivity contribution is 0.353. The molecule has 14 heteroatoms. The van der Waals surface area contributed by atoms with Crippen LogP contribution in [0.2, 0.25) is 0 Å². The SMILES string of the molecule is COc1ccc(S(=O)(=O)N(Cc2ccco2)S(=O)(=O)CCNS(=O)(=O)c2ccccc2)cc1OC. The van der Waals surface area contributed by atoms with Crippen molar-refractivity contribution in [3.05, 3.63) is 72.7 Å². The lowest BCUT2D eigenvalue weighted by Crippen LogP contribution is -2.40. The van der Waals surface area contributed by atoms with Crippen molar-refractivity contribution in [1.82, 2.24) is 8.43 Å². The zero-order chi connectivity index (χ0) is 25.7. The molecule has 0 saturated carbocycles. The summed E-state index contributed by atoms with van der Waals surface area (Å²) in [6.07, 6.45) is 1.27. The number of ether oxygens (including phenoxy) is 2. The Morgan fingerprint density at radius 1 is 0.829 bits per heavy atom. The van der Waals surface area contributed by atoms with Crippen molar-refractivity contribution >= 4 is 30.1 Å². The minimum absolute atomic E-state index is 0.0530. The van der Waals surface area contributed by atoms with E-state index in [0.29, 0.717) is 0 Å². The summed E-state index contributed by atoms with van der Waals surface area (Å²) in [5, 5.41) is 0. The summed E-state index contributed by atoms with van der Waals surface area (Å²) in [5.74, 6) is -0.420. The average Bonchev–Trinajstić information content (AvgIpc) is 3.35. The summed E-state index contributed by atoms with van der Waals surface area (Å²) < 4.78 is 95.9. The lowest BCUT2D eigenvalue weighted by Gasteiger charge is -2.22. The molecule has 1 N–H and O–H groups in total. The van der Waals surface area contributed by atoms with Gasteiger partial charge in [0.2, 0.25) is 20.0 Å². The summed E-state index contributed by atoms with van der Waals surface area (Å²) in [5.41, 5.74) is 0. The van der Waals surface area contributed by atoms with Crippen molar-refractivity contribution in [3.8, 4) is 11.5 Å². The molecule has 0 aliphatic heterocycles. The number of methoxy groups -OCH3 is 2. The summed E-state index contributed by atoms with van der Waals surface area (Å²) >= 11 is 0. The molecular weight excluding hydrogens is 520 g/mol. The van der Waals surface area contributed by atoms with Crippen LogP contribution in [-0.2, 0) is 36.6 Å². The van der Waals surface area contributed by atoms with Crippen LogP contribution in [0.25, 0.3) is 0 Å². The van der Waals surface area contributed by atoms with Gasteiger partial charge in [0.25, 0.3) is 10.0 Å². The van der Waals surface area contributed by atoms with E-state index in [2.05, 4.69) is 4.72 Å². The van der Waals surface area contributed by atoms with Crippen LogP contribution in [0, 0.1) is 0 Å². The largest absolute Gasteiger partial charge is 0.493 e. The predicted molar refractivity (Wildman–Crippen MR) is 126 cm³/mol. The average molecular weight is 545 g/mol. The molecule has 0 atom stereocenters. The van der Waals surface area contributed by atoms with Gasteiger partial charge in [-0.1, -0.05) is 21.9 Å². The molecule has 0 aliphatic rings. The molecule has 0 radical (unpaired) electrons. The Morgan fingerprint density at radius 3 is 2.11 bits per heavy atom. The van der Waals surface area contributed by atoms with Crippen LogP contribution in [0.1, 0.15) is 5.76 Å². The highest BCUT2D eigenvalue weighted by Gasteiger charge is 2.36. The second kappa shape index (κ2) is 10.8. The fourth-order valence-corrected chi connectivity index (χ4v) is 7.82. The molecule has 0 fully saturated rings. The highest BCUT2D eigenvalue weighted by molar-refractivity contribution is 8.04. The van der Waals surface area contributed by atoms with Gasteiger partial charge in [0, 0.05) is 12.6 Å². The minimum atomic E-state index is -4.64. The van der Waals surface area contributed by atoms with Crippen LogP contribution in [-0.4, -0.2) is 55.5 Å². The zero-order valence-corrected chi connectivity index (χ0v) is 21.3. The monoisotopic (exact) mass is 544 g/mol. The first kappa shape index (κ1) is 26.7. The number of hydrogen-bond acceptors (Lipinski definition) is 9. The smallest absolute Gasteiger partial charge is 0.256 e. The summed E-state index contributed by atoms with van der Waals surface area (Å²) in [4.78, 5) is -0.419. The predicted octanol–water partition coefficient (Wildman–Crippen LogP) is 1.80. The van der Waals surface area contributed by atoms with Crippen LogP contribution >= 0.6 is 0 Å². The Kier molecular flexibility index (Phi) is 8.22. The molecule has 0 unspecified atom stereocenters. The normalized spacial score (nSPS) is 12.5. The summed E-state index contributed by atoms with van der Waals surface area (Å²) in [6.45, 7) is -1.19. The number of furan rings is 1. The quantitative estimate of drug-likeness (QED) is 0.360. The van der Waals surface area contributed by atoms with Crippen molar-refractivity contribution < 1.29 is 39.1 Å². The van der Waals surface area contributed by atoms with E-state index >= 15 is 0 Å². The number of hydrogen-bond donors (Lipinski definition) is 1. The lowest BCUT2D eigenvalue weighted by atomic mass is 10.3. The molecule has 35 heavy (non-hydrogen) atoms. The highest BCUT2D eigenvalue weighted by atomic mass is 32.3. The van der Waals surface area contributed by atoms with Crippen molar-refractivity contribution in [2.24, 2.45) is 0 Å². The Bertz CT molecular complexity index is 1450. The van der Waals surface area contributed by atoms with E-state index < -0.39 is 48.9 Å². The molecule has 0 bridgehead atoms. The minimum Gasteiger partial charge on any atom is -0.493 e. The Labute approximate surface area is 204 Å². The van der Waals surface area contributed by atoms with E-state index in [1.54, 1.807) is 6.07 Å². The molecule has 11 nitrogen and oxygen atoms in total. The van der Waals surface area contributed by atoms with E-state index in [-0.39, 0.29) is 30.8 Å². The number of nitrogens with one attached hydrogen (secondary N) is 1. The van der Waals surface area contributed by atoms with E-state index in [1.165, 1.54) is 69.0 Å². The van der Waals surface area contributed by atoms with Crippen molar-refractivity contribution in [2.75, 3.05) is 26.5 Å². The summed E-state index contributed by atoms with van der Waals surface area (Å²) in [7, 11) is -10.5. The molecule has 0 saturated heterocycles. The van der Waals surface area contributed by atoms with Gasteiger partial charge in [0.05, 0.1) is 42.6 Å². The number of nitrogens with zero attached hydrogens (tertiary/aromatic N) is 1. The van der Waals surface area contributed by atoms with Crippen LogP contribution in [0.3, 0.4) is 0 Å². The van der Waals surface area contributed by atoms with Gasteiger partial charge in [0.15, 0.2) is 11.5 Å². The van der Waals surface area contributed by atoms with Crippen molar-refractivity contribution in [1.29, 1.82) is 0 Å². The molecular formula is C21H24N2O9S3. The molecule has 0 spiro atoms. The molecule has 1 aromatic heterocycles. The van der Waals surface area contributed by atoms with Crippen LogP contribution in [0.5, 0.6) is 11.5 Å². The number of rotatable bonds is 12. The van der Waals surface area contributed by atoms with E-state index in [9.17, 15) is 25.3 Å². The highest BCUT2D eigenvalue weighted by Crippen LogP contribution is 2.32. The van der Waals surface area contributed by atoms with Gasteiger partial charge >= 0.3 is 0 Å². The van der Waals surface area contributed by atoms with Gasteiger partial charge in [-0.2, -0.15) is 0 Å². The van der Waals surface area contributed by atoms with Gasteiger partial charge in [-0.15, -0.1) is 0 Å². The third kappa shape index (κ3) is 6.21. The molecule has 3 aromatic rings. The first-order chi connectivity index (χ1) is 16.5. The first-order valence-electron chi connectivity index (χ1n) is 10.1. The van der Waals surface area contributed by atoms with Gasteiger partial charge in [-0.05, 0) is 36.4 Å². The van der Waals surface area contributed by atoms with Crippen LogP contribution < -0.4 is 14.2 Å². The van der Waals surface area contributed by atoms with Crippen LogP contribution in [0.4, 0.5) is 0 Å². The molecule has 0 amide bonds.